The van der Waals surface area contributed by atoms with Gasteiger partial charge in [-0.1, -0.05) is 63.3 Å². The molecule has 2 aromatic rings. The van der Waals surface area contributed by atoms with Gasteiger partial charge in [-0.05, 0) is 27.1 Å². The van der Waals surface area contributed by atoms with Crippen LogP contribution in [-0.4, -0.2) is 16.7 Å². The van der Waals surface area contributed by atoms with Crippen LogP contribution in [0, 0.1) is 5.41 Å². The van der Waals surface area contributed by atoms with Gasteiger partial charge in [0, 0.05) is 17.1 Å². The Balaban J connectivity index is 2.27. The number of allylic oxidation sites excluding steroid dienone is 1. The zero-order valence-corrected chi connectivity index (χ0v) is 14.6. The first kappa shape index (κ1) is 16.0. The van der Waals surface area contributed by atoms with Gasteiger partial charge in [0.1, 0.15) is 0 Å². The zero-order valence-electron chi connectivity index (χ0n) is 14.6. The summed E-state index contributed by atoms with van der Waals surface area (Å²) in [5.74, 6) is -0.276. The maximum absolute atomic E-state index is 13.0. The van der Waals surface area contributed by atoms with Gasteiger partial charge in [-0.3, -0.25) is 9.59 Å². The summed E-state index contributed by atoms with van der Waals surface area (Å²) in [7, 11) is 0. The lowest BCUT2D eigenvalue weighted by Gasteiger charge is -2.18. The van der Waals surface area contributed by atoms with Crippen molar-refractivity contribution < 1.29 is 14.7 Å². The standard InChI is InChI=1S/C22H20O3/c1-22(2,3)21(25)20-17(24)11-15-18-13(9-6-10-16(18)23)12-7-4-5-8-14(12)19(15)20/h4-10,16,23H,11H2,1-3H3. The van der Waals surface area contributed by atoms with Gasteiger partial charge in [0.2, 0.25) is 0 Å². The molecule has 3 heteroatoms. The predicted molar refractivity (Wildman–Crippen MR) is 98.3 cm³/mol. The van der Waals surface area contributed by atoms with Crippen LogP contribution in [0.2, 0.25) is 0 Å². The van der Waals surface area contributed by atoms with Crippen molar-refractivity contribution in [2.24, 2.45) is 5.41 Å². The number of hydrogen-bond acceptors (Lipinski definition) is 3. The van der Waals surface area contributed by atoms with Crippen molar-refractivity contribution in [2.75, 3.05) is 0 Å². The lowest BCUT2D eigenvalue weighted by Crippen LogP contribution is -2.29. The van der Waals surface area contributed by atoms with E-state index in [4.69, 9.17) is 0 Å². The summed E-state index contributed by atoms with van der Waals surface area (Å²) in [6.07, 6.45) is 4.95. The van der Waals surface area contributed by atoms with Gasteiger partial charge < -0.3 is 5.11 Å². The van der Waals surface area contributed by atoms with Crippen molar-refractivity contribution in [3.63, 3.8) is 0 Å². The Bertz CT molecular complexity index is 1090. The minimum absolute atomic E-state index is 0.133. The van der Waals surface area contributed by atoms with Crippen molar-refractivity contribution in [1.82, 2.24) is 0 Å². The number of aliphatic hydroxyl groups excluding tert-OH is 1. The van der Waals surface area contributed by atoms with Crippen molar-refractivity contribution in [2.45, 2.75) is 33.3 Å². The highest BCUT2D eigenvalue weighted by molar-refractivity contribution is 6.44. The molecule has 3 nitrogen and oxygen atoms in total. The van der Waals surface area contributed by atoms with Gasteiger partial charge in [-0.15, -0.1) is 0 Å². The Hall–Kier alpha value is -2.52. The average Bonchev–Trinajstić information content (AvgIpc) is 2.90. The van der Waals surface area contributed by atoms with E-state index < -0.39 is 11.5 Å². The molecule has 0 fully saturated rings. The van der Waals surface area contributed by atoms with Crippen LogP contribution in [0.15, 0.2) is 36.4 Å². The maximum Gasteiger partial charge on any atom is 0.172 e. The number of benzene rings is 2. The molecular formula is C22H20O3. The van der Waals surface area contributed by atoms with Crippen LogP contribution in [0.3, 0.4) is 0 Å². The molecule has 0 aromatic heterocycles. The summed E-state index contributed by atoms with van der Waals surface area (Å²) in [4.78, 5) is 25.8. The first-order valence-corrected chi connectivity index (χ1v) is 8.53. The third-order valence-electron chi connectivity index (χ3n) is 5.03. The van der Waals surface area contributed by atoms with E-state index in [2.05, 4.69) is 0 Å². The van der Waals surface area contributed by atoms with Crippen molar-refractivity contribution in [3.8, 4) is 0 Å². The fraction of sp³-hybridized carbons (Fsp3) is 0.273. The highest BCUT2D eigenvalue weighted by atomic mass is 16.3. The molecule has 0 bridgehead atoms. The molecule has 2 aromatic carbocycles. The van der Waals surface area contributed by atoms with Crippen LogP contribution < -0.4 is 10.4 Å². The number of carbonyl (C=O) groups is 2. The van der Waals surface area contributed by atoms with Gasteiger partial charge in [0.25, 0.3) is 0 Å². The molecule has 0 saturated carbocycles. The Morgan fingerprint density at radius 2 is 1.84 bits per heavy atom. The SMILES string of the molecule is CC(C)(C)C(=O)C1=c2c(c3c(c4ccccc24)=CC=CC3O)CC1=O. The number of ketones is 2. The molecule has 0 amide bonds. The summed E-state index contributed by atoms with van der Waals surface area (Å²) >= 11 is 0. The molecule has 126 valence electrons. The van der Waals surface area contributed by atoms with E-state index in [9.17, 15) is 14.7 Å². The summed E-state index contributed by atoms with van der Waals surface area (Å²) in [6, 6.07) is 7.81. The van der Waals surface area contributed by atoms with Gasteiger partial charge in [-0.25, -0.2) is 0 Å². The number of aliphatic hydroxyl groups is 1. The number of carbonyl (C=O) groups excluding carboxylic acids is 2. The molecular weight excluding hydrogens is 312 g/mol. The smallest absolute Gasteiger partial charge is 0.172 e. The second-order valence-electron chi connectivity index (χ2n) is 7.78. The number of rotatable bonds is 1. The van der Waals surface area contributed by atoms with Crippen LogP contribution in [0.4, 0.5) is 0 Å². The first-order valence-electron chi connectivity index (χ1n) is 8.53. The largest absolute Gasteiger partial charge is 0.384 e. The highest BCUT2D eigenvalue weighted by Gasteiger charge is 2.36. The second-order valence-corrected chi connectivity index (χ2v) is 7.78. The monoisotopic (exact) mass is 332 g/mol. The quantitative estimate of drug-likeness (QED) is 0.870. The third-order valence-corrected chi connectivity index (χ3v) is 5.03. The molecule has 25 heavy (non-hydrogen) atoms. The fourth-order valence-corrected chi connectivity index (χ4v) is 3.88. The molecule has 2 aliphatic rings. The van der Waals surface area contributed by atoms with E-state index in [1.54, 1.807) is 6.08 Å². The Morgan fingerprint density at radius 1 is 1.16 bits per heavy atom. The summed E-state index contributed by atoms with van der Waals surface area (Å²) in [5.41, 5.74) is 1.23. The van der Waals surface area contributed by atoms with Crippen molar-refractivity contribution in [3.05, 3.63) is 58.0 Å². The molecule has 0 heterocycles. The molecule has 2 aliphatic carbocycles. The van der Waals surface area contributed by atoms with E-state index in [0.717, 1.165) is 32.3 Å². The normalized spacial score (nSPS) is 19.0. The molecule has 0 aliphatic heterocycles. The molecule has 0 saturated heterocycles. The van der Waals surface area contributed by atoms with E-state index in [1.807, 2.05) is 57.2 Å². The molecule has 1 unspecified atom stereocenters. The van der Waals surface area contributed by atoms with Crippen LogP contribution >= 0.6 is 0 Å². The topological polar surface area (TPSA) is 54.4 Å². The van der Waals surface area contributed by atoms with E-state index in [1.165, 1.54) is 0 Å². The van der Waals surface area contributed by atoms with Crippen LogP contribution in [0.5, 0.6) is 0 Å². The van der Waals surface area contributed by atoms with Gasteiger partial charge >= 0.3 is 0 Å². The van der Waals surface area contributed by atoms with Crippen LogP contribution in [0.25, 0.3) is 22.4 Å². The zero-order chi connectivity index (χ0) is 17.9. The fourth-order valence-electron chi connectivity index (χ4n) is 3.88. The molecule has 1 atom stereocenters. The summed E-state index contributed by atoms with van der Waals surface area (Å²) in [5, 5.41) is 14.1. The summed E-state index contributed by atoms with van der Waals surface area (Å²) < 4.78 is 0. The number of hydrogen-bond donors (Lipinski definition) is 1. The van der Waals surface area contributed by atoms with Crippen molar-refractivity contribution >= 4 is 34.0 Å². The minimum Gasteiger partial charge on any atom is -0.384 e. The van der Waals surface area contributed by atoms with Crippen LogP contribution in [0.1, 0.15) is 38.0 Å². The lowest BCUT2D eigenvalue weighted by atomic mass is 9.84. The number of Topliss-reactive ketones (excluding diaryl/α,β-unsaturated/α-hetero) is 2. The molecule has 1 N–H and O–H groups in total. The minimum atomic E-state index is -0.754. The van der Waals surface area contributed by atoms with Crippen molar-refractivity contribution in [1.29, 1.82) is 0 Å². The number of fused-ring (bicyclic) bond motifs is 6. The van der Waals surface area contributed by atoms with E-state index in [-0.39, 0.29) is 18.0 Å². The second kappa shape index (κ2) is 5.24. The first-order chi connectivity index (χ1) is 11.8. The van der Waals surface area contributed by atoms with Gasteiger partial charge in [0.05, 0.1) is 11.7 Å². The molecule has 0 spiro atoms. The summed E-state index contributed by atoms with van der Waals surface area (Å²) in [6.45, 7) is 5.50. The molecule has 0 radical (unpaired) electrons. The third kappa shape index (κ3) is 2.23. The van der Waals surface area contributed by atoms with Gasteiger partial charge in [-0.2, -0.15) is 0 Å². The van der Waals surface area contributed by atoms with Crippen LogP contribution in [-0.2, 0) is 16.0 Å². The lowest BCUT2D eigenvalue weighted by molar-refractivity contribution is -0.122. The predicted octanol–water partition coefficient (Wildman–Crippen LogP) is 2.11. The highest BCUT2D eigenvalue weighted by Crippen LogP contribution is 2.29. The molecule has 4 rings (SSSR count). The Morgan fingerprint density at radius 3 is 2.52 bits per heavy atom. The van der Waals surface area contributed by atoms with E-state index >= 15 is 0 Å². The average molecular weight is 332 g/mol. The Labute approximate surface area is 146 Å². The maximum atomic E-state index is 13.0. The van der Waals surface area contributed by atoms with E-state index in [0.29, 0.717) is 5.57 Å². The van der Waals surface area contributed by atoms with Gasteiger partial charge in [0.15, 0.2) is 11.6 Å². The Kier molecular flexibility index (Phi) is 3.35.